The van der Waals surface area contributed by atoms with Crippen LogP contribution in [0.4, 0.5) is 5.69 Å². The van der Waals surface area contributed by atoms with Gasteiger partial charge in [0.25, 0.3) is 0 Å². The van der Waals surface area contributed by atoms with Gasteiger partial charge >= 0.3 is 0 Å². The molecule has 2 nitrogen and oxygen atoms in total. The summed E-state index contributed by atoms with van der Waals surface area (Å²) in [5.41, 5.74) is 8.18. The highest BCUT2D eigenvalue weighted by atomic mass is 35.5. The molecular weight excluding hydrogens is 256 g/mol. The number of nitrogens with zero attached hydrogens (tertiary/aromatic N) is 1. The number of hydrogen-bond donors (Lipinski definition) is 1. The largest absolute Gasteiger partial charge is 0.398 e. The summed E-state index contributed by atoms with van der Waals surface area (Å²) in [6.45, 7) is 5.71. The van der Waals surface area contributed by atoms with Gasteiger partial charge in [0.05, 0.1) is 10.7 Å². The van der Waals surface area contributed by atoms with Gasteiger partial charge in [-0.3, -0.25) is 4.90 Å². The van der Waals surface area contributed by atoms with Crippen molar-refractivity contribution in [2.24, 2.45) is 5.41 Å². The van der Waals surface area contributed by atoms with E-state index in [0.717, 1.165) is 6.54 Å². The molecule has 0 spiro atoms. The van der Waals surface area contributed by atoms with Crippen molar-refractivity contribution in [3.63, 3.8) is 0 Å². The van der Waals surface area contributed by atoms with Crippen LogP contribution in [0, 0.1) is 5.41 Å². The van der Waals surface area contributed by atoms with Crippen molar-refractivity contribution < 1.29 is 0 Å². The van der Waals surface area contributed by atoms with Gasteiger partial charge in [0.15, 0.2) is 0 Å². The van der Waals surface area contributed by atoms with Gasteiger partial charge in [-0.05, 0) is 55.8 Å². The van der Waals surface area contributed by atoms with Crippen LogP contribution in [0.5, 0.6) is 0 Å². The van der Waals surface area contributed by atoms with Gasteiger partial charge in [0.2, 0.25) is 0 Å². The van der Waals surface area contributed by atoms with E-state index < -0.39 is 0 Å². The average Bonchev–Trinajstić information content (AvgIpc) is 2.33. The summed E-state index contributed by atoms with van der Waals surface area (Å²) in [5.74, 6) is 0. The molecule has 0 radical (unpaired) electrons. The first-order valence-corrected chi connectivity index (χ1v) is 7.49. The maximum absolute atomic E-state index is 6.08. The normalized spacial score (nSPS) is 19.8. The van der Waals surface area contributed by atoms with E-state index >= 15 is 0 Å². The third kappa shape index (κ3) is 3.87. The smallest absolute Gasteiger partial charge is 0.0638 e. The summed E-state index contributed by atoms with van der Waals surface area (Å²) in [6, 6.07) is 6.66. The molecule has 0 aromatic heterocycles. The highest BCUT2D eigenvalue weighted by Crippen LogP contribution is 2.37. The predicted molar refractivity (Wildman–Crippen MR) is 83.4 cm³/mol. The number of rotatable bonds is 3. The number of halogens is 1. The molecule has 1 fully saturated rings. The van der Waals surface area contributed by atoms with Gasteiger partial charge in [-0.25, -0.2) is 0 Å². The number of anilines is 1. The van der Waals surface area contributed by atoms with E-state index in [1.54, 1.807) is 0 Å². The molecule has 106 valence electrons. The fraction of sp³-hybridized carbons (Fsp3) is 0.625. The third-order valence-corrected chi connectivity index (χ3v) is 4.76. The molecule has 1 aliphatic carbocycles. The molecule has 1 aromatic carbocycles. The van der Waals surface area contributed by atoms with Crippen LogP contribution in [0.15, 0.2) is 18.2 Å². The Morgan fingerprint density at radius 3 is 2.53 bits per heavy atom. The van der Waals surface area contributed by atoms with Gasteiger partial charge < -0.3 is 5.73 Å². The zero-order valence-electron chi connectivity index (χ0n) is 12.2. The van der Waals surface area contributed by atoms with Crippen LogP contribution < -0.4 is 5.73 Å². The summed E-state index contributed by atoms with van der Waals surface area (Å²) >= 11 is 6.08. The molecule has 2 rings (SSSR count). The number of benzene rings is 1. The highest BCUT2D eigenvalue weighted by molar-refractivity contribution is 6.33. The fourth-order valence-corrected chi connectivity index (χ4v) is 3.11. The van der Waals surface area contributed by atoms with E-state index in [1.807, 2.05) is 12.1 Å². The predicted octanol–water partition coefficient (Wildman–Crippen LogP) is 4.32. The summed E-state index contributed by atoms with van der Waals surface area (Å²) < 4.78 is 0. The Morgan fingerprint density at radius 2 is 1.95 bits per heavy atom. The van der Waals surface area contributed by atoms with Gasteiger partial charge in [0.1, 0.15) is 0 Å². The molecule has 0 unspecified atom stereocenters. The first-order chi connectivity index (χ1) is 8.87. The molecule has 0 bridgehead atoms. The SMILES string of the molecule is CN(Cc1ccc(N)c(Cl)c1)C1CCC(C)(C)CC1. The van der Waals surface area contributed by atoms with E-state index in [4.69, 9.17) is 17.3 Å². The molecule has 2 N–H and O–H groups in total. The number of hydrogen-bond acceptors (Lipinski definition) is 2. The van der Waals surface area contributed by atoms with E-state index in [0.29, 0.717) is 22.2 Å². The van der Waals surface area contributed by atoms with Crippen molar-refractivity contribution in [1.82, 2.24) is 4.90 Å². The second kappa shape index (κ2) is 5.72. The van der Waals surface area contributed by atoms with E-state index in [1.165, 1.54) is 31.2 Å². The monoisotopic (exact) mass is 280 g/mol. The fourth-order valence-electron chi connectivity index (χ4n) is 2.91. The number of nitrogens with two attached hydrogens (primary N) is 1. The molecular formula is C16H25ClN2. The minimum absolute atomic E-state index is 0.530. The standard InChI is InChI=1S/C16H25ClN2/c1-16(2)8-6-13(7-9-16)19(3)11-12-4-5-15(18)14(17)10-12/h4-5,10,13H,6-9,11,18H2,1-3H3. The molecule has 0 aliphatic heterocycles. The lowest BCUT2D eigenvalue weighted by atomic mass is 9.75. The zero-order chi connectivity index (χ0) is 14.0. The van der Waals surface area contributed by atoms with E-state index in [9.17, 15) is 0 Å². The summed E-state index contributed by atoms with van der Waals surface area (Å²) in [5, 5.41) is 0.663. The van der Waals surface area contributed by atoms with Crippen molar-refractivity contribution in [2.75, 3.05) is 12.8 Å². The molecule has 1 saturated carbocycles. The Labute approximate surface area is 121 Å². The second-order valence-electron chi connectivity index (χ2n) is 6.67. The molecule has 3 heteroatoms. The molecule has 1 aromatic rings. The second-order valence-corrected chi connectivity index (χ2v) is 7.07. The Kier molecular flexibility index (Phi) is 4.42. The van der Waals surface area contributed by atoms with Crippen LogP contribution in [0.2, 0.25) is 5.02 Å². The van der Waals surface area contributed by atoms with Gasteiger partial charge in [0, 0.05) is 12.6 Å². The van der Waals surface area contributed by atoms with E-state index in [-0.39, 0.29) is 0 Å². The lowest BCUT2D eigenvalue weighted by molar-refractivity contribution is 0.123. The molecule has 0 amide bonds. The molecule has 0 saturated heterocycles. The Balaban J connectivity index is 1.94. The lowest BCUT2D eigenvalue weighted by Gasteiger charge is -2.38. The van der Waals surface area contributed by atoms with Crippen molar-refractivity contribution in [3.05, 3.63) is 28.8 Å². The molecule has 1 aliphatic rings. The highest BCUT2D eigenvalue weighted by Gasteiger charge is 2.28. The summed E-state index contributed by atoms with van der Waals surface area (Å²) in [4.78, 5) is 2.46. The van der Waals surface area contributed by atoms with Crippen LogP contribution in [0.1, 0.15) is 45.1 Å². The van der Waals surface area contributed by atoms with Crippen molar-refractivity contribution in [1.29, 1.82) is 0 Å². The number of nitrogen functional groups attached to an aromatic ring is 1. The van der Waals surface area contributed by atoms with Crippen LogP contribution in [-0.4, -0.2) is 18.0 Å². The van der Waals surface area contributed by atoms with E-state index in [2.05, 4.69) is 31.9 Å². The first kappa shape index (κ1) is 14.7. The Morgan fingerprint density at radius 1 is 1.32 bits per heavy atom. The van der Waals surface area contributed by atoms with Crippen molar-refractivity contribution in [3.8, 4) is 0 Å². The van der Waals surface area contributed by atoms with Gasteiger partial charge in [-0.1, -0.05) is 31.5 Å². The quantitative estimate of drug-likeness (QED) is 0.836. The average molecular weight is 281 g/mol. The van der Waals surface area contributed by atoms with Crippen LogP contribution >= 0.6 is 11.6 Å². The minimum Gasteiger partial charge on any atom is -0.398 e. The topological polar surface area (TPSA) is 29.3 Å². The van der Waals surface area contributed by atoms with Crippen molar-refractivity contribution >= 4 is 17.3 Å². The maximum atomic E-state index is 6.08. The molecule has 19 heavy (non-hydrogen) atoms. The van der Waals surface area contributed by atoms with Crippen LogP contribution in [0.25, 0.3) is 0 Å². The van der Waals surface area contributed by atoms with Crippen molar-refractivity contribution in [2.45, 2.75) is 52.1 Å². The van der Waals surface area contributed by atoms with Gasteiger partial charge in [-0.2, -0.15) is 0 Å². The minimum atomic E-state index is 0.530. The van der Waals surface area contributed by atoms with Gasteiger partial charge in [-0.15, -0.1) is 0 Å². The zero-order valence-corrected chi connectivity index (χ0v) is 13.0. The Hall–Kier alpha value is -0.730. The van der Waals surface area contributed by atoms with Crippen LogP contribution in [0.3, 0.4) is 0 Å². The summed E-state index contributed by atoms with van der Waals surface area (Å²) in [6.07, 6.45) is 5.24. The Bertz CT molecular complexity index is 432. The third-order valence-electron chi connectivity index (χ3n) is 4.43. The molecule has 0 atom stereocenters. The van der Waals surface area contributed by atoms with Crippen LogP contribution in [-0.2, 0) is 6.54 Å². The molecule has 0 heterocycles. The maximum Gasteiger partial charge on any atom is 0.0638 e. The lowest BCUT2D eigenvalue weighted by Crippen LogP contribution is -2.36. The first-order valence-electron chi connectivity index (χ1n) is 7.11. The summed E-state index contributed by atoms with van der Waals surface area (Å²) in [7, 11) is 2.22.